The molecule has 0 aliphatic heterocycles. The van der Waals surface area contributed by atoms with Crippen molar-refractivity contribution < 1.29 is 18.3 Å². The Morgan fingerprint density at radius 1 is 1.23 bits per heavy atom. The Balaban J connectivity index is 1.70. The second-order valence-corrected chi connectivity index (χ2v) is 9.09. The highest BCUT2D eigenvalue weighted by Crippen LogP contribution is 2.54. The molecule has 144 valence electrons. The van der Waals surface area contributed by atoms with Crippen LogP contribution in [0, 0.1) is 0 Å². The van der Waals surface area contributed by atoms with Gasteiger partial charge in [0.05, 0.1) is 24.0 Å². The third kappa shape index (κ3) is 4.40. The average Bonchev–Trinajstić information content (AvgIpc) is 3.17. The lowest BCUT2D eigenvalue weighted by molar-refractivity contribution is 0.0379. The van der Waals surface area contributed by atoms with Crippen molar-refractivity contribution in [3.05, 3.63) is 18.1 Å². The lowest BCUT2D eigenvalue weighted by Crippen LogP contribution is -2.21. The van der Waals surface area contributed by atoms with Crippen LogP contribution in [0.3, 0.4) is 0 Å². The van der Waals surface area contributed by atoms with E-state index < -0.39 is 7.60 Å². The highest BCUT2D eigenvalue weighted by Gasteiger charge is 2.47. The van der Waals surface area contributed by atoms with Crippen molar-refractivity contribution in [1.82, 2.24) is 19.6 Å². The average molecular weight is 383 g/mol. The lowest BCUT2D eigenvalue weighted by atomic mass is 10.1. The molecule has 2 N–H and O–H groups in total. The minimum absolute atomic E-state index is 0.0697. The summed E-state index contributed by atoms with van der Waals surface area (Å²) in [4.78, 5) is 8.17. The van der Waals surface area contributed by atoms with Crippen LogP contribution in [0.5, 0.6) is 0 Å². The predicted octanol–water partition coefficient (Wildman–Crippen LogP) is 2.80. The maximum absolute atomic E-state index is 12.9. The molecule has 9 nitrogen and oxygen atoms in total. The number of ether oxygens (including phenoxy) is 1. The van der Waals surface area contributed by atoms with Gasteiger partial charge in [0.1, 0.15) is 12.7 Å². The van der Waals surface area contributed by atoms with Crippen molar-refractivity contribution in [2.75, 3.05) is 12.1 Å². The van der Waals surface area contributed by atoms with E-state index in [1.165, 1.54) is 10.8 Å². The zero-order valence-electron chi connectivity index (χ0n) is 15.6. The van der Waals surface area contributed by atoms with Gasteiger partial charge in [-0.25, -0.2) is 9.97 Å². The summed E-state index contributed by atoms with van der Waals surface area (Å²) in [5.74, 6) is 0.284. The second-order valence-electron chi connectivity index (χ2n) is 7.19. The van der Waals surface area contributed by atoms with Crippen LogP contribution in [-0.2, 0) is 24.8 Å². The van der Waals surface area contributed by atoms with E-state index in [-0.39, 0.29) is 30.1 Å². The molecular weight excluding hydrogens is 357 g/mol. The lowest BCUT2D eigenvalue weighted by Gasteiger charge is -2.25. The Bertz CT molecular complexity index is 804. The van der Waals surface area contributed by atoms with Crippen LogP contribution in [0.4, 0.5) is 5.95 Å². The van der Waals surface area contributed by atoms with Crippen molar-refractivity contribution >= 4 is 19.2 Å². The van der Waals surface area contributed by atoms with E-state index in [0.717, 1.165) is 18.4 Å². The summed E-state index contributed by atoms with van der Waals surface area (Å²) >= 11 is 0. The summed E-state index contributed by atoms with van der Waals surface area (Å²) in [6.07, 6.45) is 4.99. The van der Waals surface area contributed by atoms with Gasteiger partial charge in [0, 0.05) is 12.0 Å². The smallest absolute Gasteiger partial charge is 0.356 e. The molecule has 1 fully saturated rings. The van der Waals surface area contributed by atoms with E-state index in [2.05, 4.69) is 15.1 Å². The minimum Gasteiger partial charge on any atom is -0.368 e. The Labute approximate surface area is 152 Å². The quantitative estimate of drug-likeness (QED) is 0.658. The van der Waals surface area contributed by atoms with Gasteiger partial charge in [-0.2, -0.15) is 9.61 Å². The van der Waals surface area contributed by atoms with Gasteiger partial charge < -0.3 is 19.5 Å². The first-order valence-corrected chi connectivity index (χ1v) is 10.5. The monoisotopic (exact) mass is 383 g/mol. The van der Waals surface area contributed by atoms with Crippen LogP contribution >= 0.6 is 7.60 Å². The van der Waals surface area contributed by atoms with E-state index in [1.807, 2.05) is 27.7 Å². The van der Waals surface area contributed by atoms with Crippen LogP contribution in [0.1, 0.15) is 46.1 Å². The second kappa shape index (κ2) is 7.23. The third-order valence-electron chi connectivity index (χ3n) is 4.00. The molecule has 2 heterocycles. The van der Waals surface area contributed by atoms with E-state index >= 15 is 0 Å². The maximum Gasteiger partial charge on any atom is 0.356 e. The molecule has 2 aromatic heterocycles. The molecule has 1 aliphatic carbocycles. The number of rotatable bonds is 9. The summed E-state index contributed by atoms with van der Waals surface area (Å²) in [6.45, 7) is 7.30. The fourth-order valence-electron chi connectivity index (χ4n) is 2.81. The van der Waals surface area contributed by atoms with Gasteiger partial charge in [-0.3, -0.25) is 4.57 Å². The molecule has 0 bridgehead atoms. The van der Waals surface area contributed by atoms with Gasteiger partial charge in [0.15, 0.2) is 5.65 Å². The molecule has 3 rings (SSSR count). The van der Waals surface area contributed by atoms with Crippen molar-refractivity contribution in [3.8, 4) is 0 Å². The Morgan fingerprint density at radius 2 is 1.88 bits per heavy atom. The zero-order chi connectivity index (χ0) is 18.9. The summed E-state index contributed by atoms with van der Waals surface area (Å²) in [6, 6.07) is 0. The van der Waals surface area contributed by atoms with Gasteiger partial charge in [0.25, 0.3) is 0 Å². The van der Waals surface area contributed by atoms with Crippen molar-refractivity contribution in [3.63, 3.8) is 0 Å². The molecule has 2 aromatic rings. The number of fused-ring (bicyclic) bond motifs is 1. The number of nitrogens with zero attached hydrogens (tertiary/aromatic N) is 4. The molecular formula is C16H26N5O4P. The molecule has 26 heavy (non-hydrogen) atoms. The highest BCUT2D eigenvalue weighted by atomic mass is 31.2. The summed E-state index contributed by atoms with van der Waals surface area (Å²) in [7, 11) is -3.32. The molecule has 0 radical (unpaired) electrons. The predicted molar refractivity (Wildman–Crippen MR) is 96.9 cm³/mol. The van der Waals surface area contributed by atoms with E-state index in [9.17, 15) is 4.57 Å². The van der Waals surface area contributed by atoms with Crippen molar-refractivity contribution in [1.29, 1.82) is 0 Å². The number of anilines is 1. The molecule has 0 saturated heterocycles. The number of nitrogens with two attached hydrogens (primary N) is 1. The largest absolute Gasteiger partial charge is 0.368 e. The van der Waals surface area contributed by atoms with Gasteiger partial charge in [-0.05, 0) is 40.5 Å². The molecule has 1 aliphatic rings. The van der Waals surface area contributed by atoms with Crippen LogP contribution in [0.15, 0.2) is 12.5 Å². The first kappa shape index (κ1) is 19.2. The van der Waals surface area contributed by atoms with Gasteiger partial charge in [0.2, 0.25) is 5.95 Å². The molecule has 0 unspecified atom stereocenters. The minimum atomic E-state index is -3.32. The van der Waals surface area contributed by atoms with Gasteiger partial charge in [-0.15, -0.1) is 0 Å². The zero-order valence-corrected chi connectivity index (χ0v) is 16.5. The summed E-state index contributed by atoms with van der Waals surface area (Å²) in [5.41, 5.74) is 6.99. The third-order valence-corrected chi connectivity index (χ3v) is 5.93. The molecule has 10 heteroatoms. The first-order chi connectivity index (χ1) is 12.2. The van der Waals surface area contributed by atoms with E-state index in [0.29, 0.717) is 12.1 Å². The Hall–Kier alpha value is -1.54. The molecule has 0 aromatic carbocycles. The summed E-state index contributed by atoms with van der Waals surface area (Å²) in [5, 5.41) is 4.22. The Morgan fingerprint density at radius 3 is 2.46 bits per heavy atom. The summed E-state index contributed by atoms with van der Waals surface area (Å²) < 4.78 is 31.6. The highest BCUT2D eigenvalue weighted by molar-refractivity contribution is 7.53. The SMILES string of the molecule is CC(C)OP(=O)(COC1(Cc2cnn3c(N)ncnc23)CC1)OC(C)C. The maximum atomic E-state index is 12.9. The normalized spacial score (nSPS) is 16.7. The number of hydrogen-bond acceptors (Lipinski definition) is 8. The fraction of sp³-hybridized carbons (Fsp3) is 0.688. The van der Waals surface area contributed by atoms with Crippen LogP contribution in [-0.4, -0.2) is 43.7 Å². The van der Waals surface area contributed by atoms with Crippen molar-refractivity contribution in [2.45, 2.75) is 64.8 Å². The molecule has 1 saturated carbocycles. The molecule has 0 atom stereocenters. The first-order valence-electron chi connectivity index (χ1n) is 8.75. The number of nitrogen functional groups attached to an aromatic ring is 1. The van der Waals surface area contributed by atoms with Gasteiger partial charge in [-0.1, -0.05) is 0 Å². The molecule has 0 amide bonds. The Kier molecular flexibility index (Phi) is 5.35. The van der Waals surface area contributed by atoms with Gasteiger partial charge >= 0.3 is 7.60 Å². The van der Waals surface area contributed by atoms with Crippen LogP contribution in [0.25, 0.3) is 5.65 Å². The number of aromatic nitrogens is 4. The van der Waals surface area contributed by atoms with Crippen LogP contribution in [0.2, 0.25) is 0 Å². The van der Waals surface area contributed by atoms with Crippen LogP contribution < -0.4 is 5.73 Å². The topological polar surface area (TPSA) is 114 Å². The van der Waals surface area contributed by atoms with E-state index in [4.69, 9.17) is 19.5 Å². The number of hydrogen-bond donors (Lipinski definition) is 1. The van der Waals surface area contributed by atoms with Crippen molar-refractivity contribution in [2.24, 2.45) is 0 Å². The fourth-order valence-corrected chi connectivity index (χ4v) is 4.69. The molecule has 0 spiro atoms. The standard InChI is InChI=1S/C16H26N5O4P/c1-11(2)24-26(22,25-12(3)4)10-23-16(5-6-16)7-13-8-20-21-14(13)18-9-19-15(21)17/h8-9,11-12H,5-7,10H2,1-4H3,(H2,17,18,19). The van der Waals surface area contributed by atoms with E-state index in [1.54, 1.807) is 6.20 Å².